The van der Waals surface area contributed by atoms with Gasteiger partial charge in [0, 0.05) is 0 Å². The molecule has 0 radical (unpaired) electrons. The first-order valence-corrected chi connectivity index (χ1v) is 12.5. The van der Waals surface area contributed by atoms with E-state index in [1.807, 2.05) is 26.0 Å². The number of ether oxygens (including phenoxy) is 3. The Morgan fingerprint density at radius 2 is 1.40 bits per heavy atom. The quantitative estimate of drug-likeness (QED) is 0.742. The van der Waals surface area contributed by atoms with Crippen molar-refractivity contribution in [3.05, 3.63) is 60.7 Å². The van der Waals surface area contributed by atoms with Crippen LogP contribution in [0.25, 0.3) is 0 Å². The summed E-state index contributed by atoms with van der Waals surface area (Å²) in [4.78, 5) is 0. The van der Waals surface area contributed by atoms with Crippen molar-refractivity contribution in [3.63, 3.8) is 0 Å². The van der Waals surface area contributed by atoms with Gasteiger partial charge in [0.1, 0.15) is 18.3 Å². The third-order valence-electron chi connectivity index (χ3n) is 6.01. The van der Waals surface area contributed by atoms with E-state index in [-0.39, 0.29) is 11.1 Å². The minimum atomic E-state index is -2.68. The maximum absolute atomic E-state index is 10.4. The monoisotopic (exact) mass is 428 g/mol. The maximum Gasteiger partial charge on any atom is 0.261 e. The molecule has 4 rings (SSSR count). The number of hydrogen-bond acceptors (Lipinski definition) is 5. The van der Waals surface area contributed by atoms with Crippen molar-refractivity contribution in [1.29, 1.82) is 0 Å². The smallest absolute Gasteiger partial charge is 0.261 e. The molecule has 2 aliphatic rings. The molecule has 6 heteroatoms. The van der Waals surface area contributed by atoms with Crippen molar-refractivity contribution in [2.45, 2.75) is 70.0 Å². The molecule has 5 nitrogen and oxygen atoms in total. The first-order chi connectivity index (χ1) is 14.1. The first kappa shape index (κ1) is 21.7. The molecule has 2 unspecified atom stereocenters. The van der Waals surface area contributed by atoms with Crippen molar-refractivity contribution in [3.8, 4) is 0 Å². The molecule has 2 saturated heterocycles. The summed E-state index contributed by atoms with van der Waals surface area (Å²) in [7, 11) is -2.68. The van der Waals surface area contributed by atoms with Crippen LogP contribution in [0.1, 0.15) is 34.6 Å². The van der Waals surface area contributed by atoms with Crippen LogP contribution in [0.5, 0.6) is 0 Å². The van der Waals surface area contributed by atoms with Crippen LogP contribution < -0.4 is 10.4 Å². The molecule has 0 aliphatic carbocycles. The molecule has 4 atom stereocenters. The first-order valence-electron chi connectivity index (χ1n) is 10.6. The van der Waals surface area contributed by atoms with E-state index in [0.717, 1.165) is 0 Å². The molecule has 0 aromatic heterocycles. The van der Waals surface area contributed by atoms with Gasteiger partial charge >= 0.3 is 0 Å². The lowest BCUT2D eigenvalue weighted by Crippen LogP contribution is -2.67. The van der Waals surface area contributed by atoms with Gasteiger partial charge in [-0.05, 0) is 29.3 Å². The molecule has 2 aliphatic heterocycles. The molecular formula is C24H32O5Si. The molecule has 0 spiro atoms. The number of benzene rings is 2. The maximum atomic E-state index is 10.4. The SMILES string of the molecule is CC1(C)OC2C(O)O[C@H](CO[Si](c3ccccc3)(c3ccccc3)C(C)(C)C)[C@H]2O1. The van der Waals surface area contributed by atoms with Gasteiger partial charge < -0.3 is 23.7 Å². The summed E-state index contributed by atoms with van der Waals surface area (Å²) in [5.41, 5.74) is 0. The summed E-state index contributed by atoms with van der Waals surface area (Å²) in [6.07, 6.45) is -2.25. The molecular weight excluding hydrogens is 396 g/mol. The van der Waals surface area contributed by atoms with Crippen LogP contribution in [-0.4, -0.2) is 50.4 Å². The second kappa shape index (κ2) is 7.86. The predicted molar refractivity (Wildman–Crippen MR) is 118 cm³/mol. The normalized spacial score (nSPS) is 28.5. The fourth-order valence-electron chi connectivity index (χ4n) is 4.76. The molecule has 2 fully saturated rings. The van der Waals surface area contributed by atoms with Crippen LogP contribution in [-0.2, 0) is 18.6 Å². The Kier molecular flexibility index (Phi) is 5.68. The summed E-state index contributed by atoms with van der Waals surface area (Å²) >= 11 is 0. The standard InChI is InChI=1S/C24H32O5Si/c1-23(2,3)30(17-12-8-6-9-13-17,18-14-10-7-11-15-18)26-16-19-20-21(22(25)27-19)29-24(4,5)28-20/h6-15,19-22,25H,16H2,1-5H3/t19-,20-,21?,22?/m1/s1. The van der Waals surface area contributed by atoms with E-state index in [4.69, 9.17) is 18.6 Å². The third-order valence-corrected chi connectivity index (χ3v) is 11.0. The van der Waals surface area contributed by atoms with Gasteiger partial charge in [-0.25, -0.2) is 0 Å². The number of rotatable bonds is 5. The third kappa shape index (κ3) is 3.77. The van der Waals surface area contributed by atoms with Crippen molar-refractivity contribution in [2.75, 3.05) is 6.61 Å². The lowest BCUT2D eigenvalue weighted by Gasteiger charge is -2.43. The average Bonchev–Trinajstić information content (AvgIpc) is 3.17. The zero-order chi connectivity index (χ0) is 21.6. The Morgan fingerprint density at radius 1 is 0.900 bits per heavy atom. The molecule has 30 heavy (non-hydrogen) atoms. The zero-order valence-corrected chi connectivity index (χ0v) is 19.4. The van der Waals surface area contributed by atoms with E-state index in [0.29, 0.717) is 6.61 Å². The summed E-state index contributed by atoms with van der Waals surface area (Å²) in [5.74, 6) is -0.740. The van der Waals surface area contributed by atoms with Crippen molar-refractivity contribution < 1.29 is 23.7 Å². The second-order valence-electron chi connectivity index (χ2n) is 9.60. The molecule has 0 amide bonds. The highest BCUT2D eigenvalue weighted by Crippen LogP contribution is 2.40. The molecule has 0 saturated carbocycles. The van der Waals surface area contributed by atoms with E-state index < -0.39 is 32.6 Å². The highest BCUT2D eigenvalue weighted by molar-refractivity contribution is 6.99. The highest BCUT2D eigenvalue weighted by Gasteiger charge is 2.56. The number of fused-ring (bicyclic) bond motifs is 1. The molecule has 1 N–H and O–H groups in total. The Hall–Kier alpha value is -1.54. The molecule has 2 heterocycles. The van der Waals surface area contributed by atoms with Gasteiger partial charge in [0.15, 0.2) is 12.1 Å². The van der Waals surface area contributed by atoms with Crippen LogP contribution >= 0.6 is 0 Å². The van der Waals surface area contributed by atoms with Gasteiger partial charge in [0.25, 0.3) is 8.32 Å². The Labute approximate surface area is 180 Å². The summed E-state index contributed by atoms with van der Waals surface area (Å²) in [6.45, 7) is 10.8. The van der Waals surface area contributed by atoms with Crippen molar-refractivity contribution in [2.24, 2.45) is 0 Å². The topological polar surface area (TPSA) is 57.2 Å². The minimum absolute atomic E-state index is 0.126. The summed E-state index contributed by atoms with van der Waals surface area (Å²) in [6, 6.07) is 21.0. The Morgan fingerprint density at radius 3 is 1.90 bits per heavy atom. The van der Waals surface area contributed by atoms with Crippen molar-refractivity contribution in [1.82, 2.24) is 0 Å². The lowest BCUT2D eigenvalue weighted by atomic mass is 10.1. The molecule has 2 aromatic carbocycles. The number of hydrogen-bond donors (Lipinski definition) is 1. The van der Waals surface area contributed by atoms with Crippen LogP contribution in [0.4, 0.5) is 0 Å². The average molecular weight is 429 g/mol. The Balaban J connectivity index is 1.69. The predicted octanol–water partition coefficient (Wildman–Crippen LogP) is 2.80. The van der Waals surface area contributed by atoms with Crippen LogP contribution in [0.2, 0.25) is 5.04 Å². The second-order valence-corrected chi connectivity index (χ2v) is 13.9. The Bertz CT molecular complexity index is 809. The molecule has 162 valence electrons. The number of aliphatic hydroxyl groups is 1. The van der Waals surface area contributed by atoms with E-state index in [2.05, 4.69) is 69.3 Å². The highest BCUT2D eigenvalue weighted by atomic mass is 28.4. The summed E-state index contributed by atoms with van der Waals surface area (Å²) < 4.78 is 24.6. The van der Waals surface area contributed by atoms with Crippen LogP contribution in [0.3, 0.4) is 0 Å². The summed E-state index contributed by atoms with van der Waals surface area (Å²) in [5, 5.41) is 12.6. The van der Waals surface area contributed by atoms with Gasteiger partial charge in [-0.1, -0.05) is 81.4 Å². The van der Waals surface area contributed by atoms with E-state index in [1.54, 1.807) is 0 Å². The van der Waals surface area contributed by atoms with Gasteiger partial charge in [-0.3, -0.25) is 0 Å². The van der Waals surface area contributed by atoms with E-state index in [9.17, 15) is 5.11 Å². The fraction of sp³-hybridized carbons (Fsp3) is 0.500. The minimum Gasteiger partial charge on any atom is -0.405 e. The van der Waals surface area contributed by atoms with Crippen molar-refractivity contribution >= 4 is 18.7 Å². The van der Waals surface area contributed by atoms with Gasteiger partial charge in [-0.2, -0.15) is 0 Å². The molecule has 2 aromatic rings. The van der Waals surface area contributed by atoms with Crippen LogP contribution in [0.15, 0.2) is 60.7 Å². The fourth-order valence-corrected chi connectivity index (χ4v) is 9.33. The lowest BCUT2D eigenvalue weighted by molar-refractivity contribution is -0.222. The van der Waals surface area contributed by atoms with Crippen LogP contribution in [0, 0.1) is 0 Å². The zero-order valence-electron chi connectivity index (χ0n) is 18.4. The van der Waals surface area contributed by atoms with Gasteiger partial charge in [0.05, 0.1) is 6.61 Å². The van der Waals surface area contributed by atoms with E-state index >= 15 is 0 Å². The molecule has 0 bridgehead atoms. The largest absolute Gasteiger partial charge is 0.405 e. The van der Waals surface area contributed by atoms with E-state index in [1.165, 1.54) is 10.4 Å². The van der Waals surface area contributed by atoms with Gasteiger partial charge in [0.2, 0.25) is 0 Å². The number of aliphatic hydroxyl groups excluding tert-OH is 1. The van der Waals surface area contributed by atoms with Gasteiger partial charge in [-0.15, -0.1) is 0 Å².